The molecule has 144 valence electrons. The Labute approximate surface area is 151 Å². The third-order valence-electron chi connectivity index (χ3n) is 5.20. The Morgan fingerprint density at radius 2 is 1.92 bits per heavy atom. The Hall–Kier alpha value is -1.76. The molecule has 1 aliphatic carbocycles. The molecule has 0 aromatic heterocycles. The normalized spacial score (nSPS) is 24.3. The number of alkyl halides is 3. The predicted molar refractivity (Wildman–Crippen MR) is 90.0 cm³/mol. The van der Waals surface area contributed by atoms with Gasteiger partial charge in [-0.3, -0.25) is 9.69 Å². The maximum Gasteiger partial charge on any atom is 0.401 e. The van der Waals surface area contributed by atoms with E-state index in [1.54, 1.807) is 7.11 Å². The molecule has 1 saturated carbocycles. The molecule has 0 radical (unpaired) electrons. The highest BCUT2D eigenvalue weighted by Gasteiger charge is 2.46. The van der Waals surface area contributed by atoms with Crippen LogP contribution in [0.1, 0.15) is 30.7 Å². The molecule has 1 saturated heterocycles. The molecule has 26 heavy (non-hydrogen) atoms. The van der Waals surface area contributed by atoms with Crippen molar-refractivity contribution >= 4 is 5.97 Å². The van der Waals surface area contributed by atoms with Crippen molar-refractivity contribution in [2.24, 2.45) is 11.8 Å². The van der Waals surface area contributed by atoms with E-state index >= 15 is 0 Å². The van der Waals surface area contributed by atoms with Crippen LogP contribution in [0.2, 0.25) is 0 Å². The van der Waals surface area contributed by atoms with Crippen molar-refractivity contribution in [1.29, 1.82) is 0 Å². The zero-order valence-corrected chi connectivity index (χ0v) is 14.8. The van der Waals surface area contributed by atoms with E-state index in [4.69, 9.17) is 9.47 Å². The number of hydrogen-bond donors (Lipinski definition) is 0. The van der Waals surface area contributed by atoms with Crippen LogP contribution in [0.5, 0.6) is 5.75 Å². The Morgan fingerprint density at radius 1 is 1.23 bits per heavy atom. The van der Waals surface area contributed by atoms with Crippen LogP contribution in [0.3, 0.4) is 0 Å². The zero-order chi connectivity index (χ0) is 18.7. The topological polar surface area (TPSA) is 38.8 Å². The number of benzene rings is 1. The van der Waals surface area contributed by atoms with Crippen molar-refractivity contribution in [2.45, 2.75) is 31.4 Å². The average molecular weight is 371 g/mol. The van der Waals surface area contributed by atoms with Gasteiger partial charge in [-0.15, -0.1) is 0 Å². The Balaban J connectivity index is 1.41. The van der Waals surface area contributed by atoms with Gasteiger partial charge in [-0.1, -0.05) is 18.2 Å². The summed E-state index contributed by atoms with van der Waals surface area (Å²) in [7, 11) is 1.61. The van der Waals surface area contributed by atoms with Crippen molar-refractivity contribution < 1.29 is 27.4 Å². The van der Waals surface area contributed by atoms with Gasteiger partial charge in [-0.25, -0.2) is 0 Å². The summed E-state index contributed by atoms with van der Waals surface area (Å²) in [5.74, 6) is 0.708. The van der Waals surface area contributed by atoms with Crippen molar-refractivity contribution in [1.82, 2.24) is 4.90 Å². The number of carbonyl (C=O) groups excluding carboxylic acids is 1. The predicted octanol–water partition coefficient (Wildman–Crippen LogP) is 3.62. The molecule has 4 nitrogen and oxygen atoms in total. The molecule has 7 heteroatoms. The number of rotatable bonds is 6. The van der Waals surface area contributed by atoms with Crippen LogP contribution >= 0.6 is 0 Å². The highest BCUT2D eigenvalue weighted by atomic mass is 19.4. The largest absolute Gasteiger partial charge is 0.496 e. The van der Waals surface area contributed by atoms with E-state index in [0.717, 1.165) is 17.7 Å². The third kappa shape index (κ3) is 4.90. The van der Waals surface area contributed by atoms with Crippen LogP contribution < -0.4 is 4.74 Å². The summed E-state index contributed by atoms with van der Waals surface area (Å²) in [4.78, 5) is 13.7. The Morgan fingerprint density at radius 3 is 2.58 bits per heavy atom. The summed E-state index contributed by atoms with van der Waals surface area (Å²) in [6.45, 7) is 0.236. The second-order valence-electron chi connectivity index (χ2n) is 7.16. The van der Waals surface area contributed by atoms with Crippen LogP contribution in [0.4, 0.5) is 13.2 Å². The molecule has 0 spiro atoms. The van der Waals surface area contributed by atoms with Gasteiger partial charge in [0.05, 0.1) is 26.2 Å². The van der Waals surface area contributed by atoms with E-state index in [1.165, 1.54) is 4.90 Å². The third-order valence-corrected chi connectivity index (χ3v) is 5.20. The summed E-state index contributed by atoms with van der Waals surface area (Å²) in [6.07, 6.45) is -2.14. The SMILES string of the molecule is COc1ccccc1C1CC1C(=O)OCC1CCN(CC(F)(F)F)CC1. The van der Waals surface area contributed by atoms with Gasteiger partial charge in [0.25, 0.3) is 0 Å². The highest BCUT2D eigenvalue weighted by Crippen LogP contribution is 2.50. The molecule has 2 aliphatic rings. The zero-order valence-electron chi connectivity index (χ0n) is 14.8. The fourth-order valence-electron chi connectivity index (χ4n) is 3.64. The Bertz CT molecular complexity index is 627. The first-order valence-electron chi connectivity index (χ1n) is 8.96. The van der Waals surface area contributed by atoms with E-state index < -0.39 is 12.7 Å². The minimum absolute atomic E-state index is 0.132. The van der Waals surface area contributed by atoms with E-state index in [2.05, 4.69) is 0 Å². The van der Waals surface area contributed by atoms with Gasteiger partial charge in [0.2, 0.25) is 0 Å². The van der Waals surface area contributed by atoms with Gasteiger partial charge in [0.15, 0.2) is 0 Å². The molecule has 1 aliphatic heterocycles. The summed E-state index contributed by atoms with van der Waals surface area (Å²) < 4.78 is 48.0. The van der Waals surface area contributed by atoms with Crippen LogP contribution in [0.25, 0.3) is 0 Å². The number of nitrogens with zero attached hydrogens (tertiary/aromatic N) is 1. The van der Waals surface area contributed by atoms with Crippen LogP contribution in [0.15, 0.2) is 24.3 Å². The van der Waals surface area contributed by atoms with Crippen molar-refractivity contribution in [2.75, 3.05) is 33.4 Å². The van der Waals surface area contributed by atoms with E-state index in [0.29, 0.717) is 32.5 Å². The number of piperidine rings is 1. The minimum Gasteiger partial charge on any atom is -0.496 e. The smallest absolute Gasteiger partial charge is 0.401 e. The molecule has 2 fully saturated rings. The van der Waals surface area contributed by atoms with Crippen LogP contribution in [-0.4, -0.2) is 50.4 Å². The van der Waals surface area contributed by atoms with Gasteiger partial charge < -0.3 is 9.47 Å². The lowest BCUT2D eigenvalue weighted by molar-refractivity contribution is -0.151. The summed E-state index contributed by atoms with van der Waals surface area (Å²) >= 11 is 0. The summed E-state index contributed by atoms with van der Waals surface area (Å²) in [5.41, 5.74) is 1.03. The quantitative estimate of drug-likeness (QED) is 0.716. The summed E-state index contributed by atoms with van der Waals surface area (Å²) in [5, 5.41) is 0. The lowest BCUT2D eigenvalue weighted by atomic mass is 9.98. The van der Waals surface area contributed by atoms with E-state index in [1.807, 2.05) is 24.3 Å². The highest BCUT2D eigenvalue weighted by molar-refractivity contribution is 5.77. The number of methoxy groups -OCH3 is 1. The van der Waals surface area contributed by atoms with Gasteiger partial charge in [-0.2, -0.15) is 13.2 Å². The average Bonchev–Trinajstić information content (AvgIpc) is 3.40. The number of para-hydroxylation sites is 1. The number of likely N-dealkylation sites (tertiary alicyclic amines) is 1. The minimum atomic E-state index is -4.15. The lowest BCUT2D eigenvalue weighted by Gasteiger charge is -2.32. The number of ether oxygens (including phenoxy) is 2. The monoisotopic (exact) mass is 371 g/mol. The standard InChI is InChI=1S/C19H24F3NO3/c1-25-17-5-3-2-4-14(17)15-10-16(15)18(24)26-11-13-6-8-23(9-7-13)12-19(20,21)22/h2-5,13,15-16H,6-12H2,1H3. The number of esters is 1. The fourth-order valence-corrected chi connectivity index (χ4v) is 3.64. The first-order chi connectivity index (χ1) is 12.4. The molecular formula is C19H24F3NO3. The first-order valence-corrected chi connectivity index (χ1v) is 8.96. The van der Waals surface area contributed by atoms with Gasteiger partial charge in [0.1, 0.15) is 5.75 Å². The second kappa shape index (κ2) is 7.86. The van der Waals surface area contributed by atoms with E-state index in [-0.39, 0.29) is 23.7 Å². The fraction of sp³-hybridized carbons (Fsp3) is 0.632. The second-order valence-corrected chi connectivity index (χ2v) is 7.16. The number of carbonyl (C=O) groups is 1. The number of hydrogen-bond acceptors (Lipinski definition) is 4. The van der Waals surface area contributed by atoms with Crippen molar-refractivity contribution in [3.8, 4) is 5.75 Å². The van der Waals surface area contributed by atoms with Crippen LogP contribution in [-0.2, 0) is 9.53 Å². The molecule has 1 aromatic carbocycles. The molecule has 3 rings (SSSR count). The lowest BCUT2D eigenvalue weighted by Crippen LogP contribution is -2.41. The number of halogens is 3. The maximum atomic E-state index is 12.4. The first kappa shape index (κ1) is 19.0. The molecule has 2 unspecified atom stereocenters. The summed E-state index contributed by atoms with van der Waals surface area (Å²) in [6, 6.07) is 7.66. The molecule has 0 N–H and O–H groups in total. The molecule has 2 atom stereocenters. The van der Waals surface area contributed by atoms with Gasteiger partial charge >= 0.3 is 12.1 Å². The molecule has 1 aromatic rings. The van der Waals surface area contributed by atoms with Gasteiger partial charge in [0, 0.05) is 5.92 Å². The molecule has 0 amide bonds. The van der Waals surface area contributed by atoms with E-state index in [9.17, 15) is 18.0 Å². The molecule has 0 bridgehead atoms. The van der Waals surface area contributed by atoms with Crippen molar-refractivity contribution in [3.05, 3.63) is 29.8 Å². The molecule has 1 heterocycles. The Kier molecular flexibility index (Phi) is 5.75. The van der Waals surface area contributed by atoms with Gasteiger partial charge in [-0.05, 0) is 49.9 Å². The van der Waals surface area contributed by atoms with Crippen LogP contribution in [0, 0.1) is 11.8 Å². The molecular weight excluding hydrogens is 347 g/mol. The maximum absolute atomic E-state index is 12.4. The van der Waals surface area contributed by atoms with Crippen molar-refractivity contribution in [3.63, 3.8) is 0 Å².